The Morgan fingerprint density at radius 1 is 1.10 bits per heavy atom. The minimum atomic E-state index is -0.145. The second kappa shape index (κ2) is 7.08. The Morgan fingerprint density at radius 3 is 2.30 bits per heavy atom. The molecular formula is C16H21NO3. The lowest BCUT2D eigenvalue weighted by Crippen LogP contribution is -2.34. The van der Waals surface area contributed by atoms with Gasteiger partial charge in [-0.3, -0.25) is 9.59 Å². The van der Waals surface area contributed by atoms with Crippen LogP contribution in [0.15, 0.2) is 30.3 Å². The lowest BCUT2D eigenvalue weighted by molar-refractivity contribution is -0.147. The molecule has 0 spiro atoms. The molecule has 108 valence electrons. The van der Waals surface area contributed by atoms with Crippen molar-refractivity contribution in [3.63, 3.8) is 0 Å². The van der Waals surface area contributed by atoms with E-state index in [1.807, 2.05) is 30.3 Å². The first-order chi connectivity index (χ1) is 9.70. The van der Waals surface area contributed by atoms with E-state index in [1.54, 1.807) is 0 Å². The fraction of sp³-hybridized carbons (Fsp3) is 0.500. The number of ether oxygens (including phenoxy) is 1. The molecule has 2 rings (SSSR count). The van der Waals surface area contributed by atoms with Gasteiger partial charge in [-0.25, -0.2) is 0 Å². The third-order valence-corrected chi connectivity index (χ3v) is 3.94. The number of nitrogens with one attached hydrogen (secondary N) is 1. The van der Waals surface area contributed by atoms with Crippen molar-refractivity contribution in [2.75, 3.05) is 7.11 Å². The van der Waals surface area contributed by atoms with Gasteiger partial charge in [-0.2, -0.15) is 0 Å². The van der Waals surface area contributed by atoms with Crippen LogP contribution in [0, 0.1) is 11.8 Å². The fourth-order valence-corrected chi connectivity index (χ4v) is 2.69. The van der Waals surface area contributed by atoms with Crippen molar-refractivity contribution in [3.05, 3.63) is 35.9 Å². The van der Waals surface area contributed by atoms with Crippen LogP contribution in [-0.2, 0) is 20.9 Å². The molecule has 1 aliphatic rings. The highest BCUT2D eigenvalue weighted by molar-refractivity contribution is 5.79. The van der Waals surface area contributed by atoms with Crippen LogP contribution in [0.1, 0.15) is 31.2 Å². The average Bonchev–Trinajstić information content (AvgIpc) is 2.53. The van der Waals surface area contributed by atoms with Gasteiger partial charge in [-0.05, 0) is 31.2 Å². The molecule has 0 bridgehead atoms. The standard InChI is InChI=1S/C16H21NO3/c1-20-16(19)14-9-7-13(8-10-14)15(18)17-11-12-5-3-2-4-6-12/h2-6,13-14H,7-11H2,1H3,(H,17,18)/t13-,14+. The Labute approximate surface area is 119 Å². The third-order valence-electron chi connectivity index (χ3n) is 3.94. The Bertz CT molecular complexity index is 450. The topological polar surface area (TPSA) is 55.4 Å². The highest BCUT2D eigenvalue weighted by atomic mass is 16.5. The zero-order chi connectivity index (χ0) is 14.4. The summed E-state index contributed by atoms with van der Waals surface area (Å²) in [6, 6.07) is 9.87. The van der Waals surface area contributed by atoms with E-state index < -0.39 is 0 Å². The zero-order valence-electron chi connectivity index (χ0n) is 11.8. The molecule has 0 heterocycles. The van der Waals surface area contributed by atoms with E-state index in [0.717, 1.165) is 31.2 Å². The molecule has 0 aromatic heterocycles. The Balaban J connectivity index is 1.76. The maximum Gasteiger partial charge on any atom is 0.308 e. The summed E-state index contributed by atoms with van der Waals surface area (Å²) in [7, 11) is 1.42. The molecule has 1 aliphatic carbocycles. The van der Waals surface area contributed by atoms with Crippen molar-refractivity contribution in [3.8, 4) is 0 Å². The Morgan fingerprint density at radius 2 is 1.70 bits per heavy atom. The molecule has 0 saturated heterocycles. The van der Waals surface area contributed by atoms with Crippen molar-refractivity contribution in [2.24, 2.45) is 11.8 Å². The van der Waals surface area contributed by atoms with Crippen LogP contribution in [0.25, 0.3) is 0 Å². The molecule has 1 saturated carbocycles. The zero-order valence-corrected chi connectivity index (χ0v) is 11.8. The predicted octanol–water partition coefficient (Wildman–Crippen LogP) is 2.28. The summed E-state index contributed by atoms with van der Waals surface area (Å²) < 4.78 is 4.75. The number of esters is 1. The molecule has 1 aromatic carbocycles. The summed E-state index contributed by atoms with van der Waals surface area (Å²) in [5.41, 5.74) is 1.10. The minimum Gasteiger partial charge on any atom is -0.469 e. The normalized spacial score (nSPS) is 22.1. The molecule has 1 aromatic rings. The molecule has 0 radical (unpaired) electrons. The molecule has 1 amide bonds. The van der Waals surface area contributed by atoms with Crippen LogP contribution < -0.4 is 5.32 Å². The Hall–Kier alpha value is -1.84. The number of carbonyl (C=O) groups is 2. The smallest absolute Gasteiger partial charge is 0.308 e. The molecule has 4 heteroatoms. The van der Waals surface area contributed by atoms with Crippen molar-refractivity contribution in [2.45, 2.75) is 32.2 Å². The van der Waals surface area contributed by atoms with Gasteiger partial charge in [-0.1, -0.05) is 30.3 Å². The lowest BCUT2D eigenvalue weighted by atomic mass is 9.81. The monoisotopic (exact) mass is 275 g/mol. The molecule has 0 unspecified atom stereocenters. The van der Waals surface area contributed by atoms with Gasteiger partial charge < -0.3 is 10.1 Å². The molecular weight excluding hydrogens is 254 g/mol. The first-order valence-corrected chi connectivity index (χ1v) is 7.10. The van der Waals surface area contributed by atoms with Gasteiger partial charge in [0.05, 0.1) is 13.0 Å². The van der Waals surface area contributed by atoms with E-state index in [1.165, 1.54) is 7.11 Å². The Kier molecular flexibility index (Phi) is 5.16. The van der Waals surface area contributed by atoms with Crippen molar-refractivity contribution in [1.82, 2.24) is 5.32 Å². The van der Waals surface area contributed by atoms with Gasteiger partial charge >= 0.3 is 5.97 Å². The van der Waals surface area contributed by atoms with Gasteiger partial charge in [0.1, 0.15) is 0 Å². The van der Waals surface area contributed by atoms with E-state index in [2.05, 4.69) is 5.32 Å². The summed E-state index contributed by atoms with van der Waals surface area (Å²) in [6.45, 7) is 0.566. The third kappa shape index (κ3) is 3.83. The van der Waals surface area contributed by atoms with Crippen LogP contribution in [0.5, 0.6) is 0 Å². The summed E-state index contributed by atoms with van der Waals surface area (Å²) in [4.78, 5) is 23.5. The molecule has 20 heavy (non-hydrogen) atoms. The summed E-state index contributed by atoms with van der Waals surface area (Å²) >= 11 is 0. The summed E-state index contributed by atoms with van der Waals surface area (Å²) in [5, 5.41) is 2.97. The van der Waals surface area contributed by atoms with E-state index in [0.29, 0.717) is 6.54 Å². The number of hydrogen-bond donors (Lipinski definition) is 1. The average molecular weight is 275 g/mol. The molecule has 0 atom stereocenters. The van der Waals surface area contributed by atoms with Gasteiger partial charge in [-0.15, -0.1) is 0 Å². The second-order valence-corrected chi connectivity index (χ2v) is 5.28. The molecule has 4 nitrogen and oxygen atoms in total. The fourth-order valence-electron chi connectivity index (χ4n) is 2.69. The number of hydrogen-bond acceptors (Lipinski definition) is 3. The minimum absolute atomic E-state index is 0.0274. The van der Waals surface area contributed by atoms with Crippen molar-refractivity contribution in [1.29, 1.82) is 0 Å². The quantitative estimate of drug-likeness (QED) is 0.858. The van der Waals surface area contributed by atoms with Gasteiger partial charge in [0, 0.05) is 12.5 Å². The van der Waals surface area contributed by atoms with Crippen LogP contribution in [0.2, 0.25) is 0 Å². The summed E-state index contributed by atoms with van der Waals surface area (Å²) in [5.74, 6) is -0.0527. The van der Waals surface area contributed by atoms with Crippen LogP contribution >= 0.6 is 0 Å². The number of amides is 1. The number of benzene rings is 1. The van der Waals surface area contributed by atoms with Crippen molar-refractivity contribution >= 4 is 11.9 Å². The van der Waals surface area contributed by atoms with Gasteiger partial charge in [0.15, 0.2) is 0 Å². The SMILES string of the molecule is COC(=O)[C@H]1CC[C@@H](C(=O)NCc2ccccc2)CC1. The predicted molar refractivity (Wildman–Crippen MR) is 75.8 cm³/mol. The molecule has 0 aliphatic heterocycles. The highest BCUT2D eigenvalue weighted by Gasteiger charge is 2.30. The van der Waals surface area contributed by atoms with Crippen LogP contribution in [0.4, 0.5) is 0 Å². The van der Waals surface area contributed by atoms with Crippen LogP contribution in [0.3, 0.4) is 0 Å². The van der Waals surface area contributed by atoms with E-state index in [-0.39, 0.29) is 23.7 Å². The maximum absolute atomic E-state index is 12.1. The first kappa shape index (κ1) is 14.6. The maximum atomic E-state index is 12.1. The lowest BCUT2D eigenvalue weighted by Gasteiger charge is -2.26. The van der Waals surface area contributed by atoms with E-state index >= 15 is 0 Å². The molecule has 1 N–H and O–H groups in total. The second-order valence-electron chi connectivity index (χ2n) is 5.28. The van der Waals surface area contributed by atoms with Crippen molar-refractivity contribution < 1.29 is 14.3 Å². The molecule has 1 fully saturated rings. The first-order valence-electron chi connectivity index (χ1n) is 7.10. The van der Waals surface area contributed by atoms with Gasteiger partial charge in [0.2, 0.25) is 5.91 Å². The van der Waals surface area contributed by atoms with E-state index in [9.17, 15) is 9.59 Å². The van der Waals surface area contributed by atoms with E-state index in [4.69, 9.17) is 4.74 Å². The summed E-state index contributed by atoms with van der Waals surface area (Å²) in [6.07, 6.45) is 3.02. The van der Waals surface area contributed by atoms with Gasteiger partial charge in [0.25, 0.3) is 0 Å². The number of carbonyl (C=O) groups excluding carboxylic acids is 2. The largest absolute Gasteiger partial charge is 0.469 e. The highest BCUT2D eigenvalue weighted by Crippen LogP contribution is 2.29. The van der Waals surface area contributed by atoms with Crippen LogP contribution in [-0.4, -0.2) is 19.0 Å². The number of methoxy groups -OCH3 is 1. The number of rotatable bonds is 4.